The summed E-state index contributed by atoms with van der Waals surface area (Å²) in [6.45, 7) is 5.77. The zero-order valence-corrected chi connectivity index (χ0v) is 15.0. The van der Waals surface area contributed by atoms with E-state index in [-0.39, 0.29) is 17.4 Å². The largest absolute Gasteiger partial charge is 0.350 e. The van der Waals surface area contributed by atoms with Crippen LogP contribution in [0.15, 0.2) is 48.5 Å². The van der Waals surface area contributed by atoms with Gasteiger partial charge >= 0.3 is 0 Å². The van der Waals surface area contributed by atoms with E-state index in [1.165, 1.54) is 0 Å². The lowest BCUT2D eigenvalue weighted by Gasteiger charge is -2.25. The van der Waals surface area contributed by atoms with E-state index in [0.717, 1.165) is 27.6 Å². The monoisotopic (exact) mass is 347 g/mol. The molecule has 0 fully saturated rings. The van der Waals surface area contributed by atoms with E-state index in [9.17, 15) is 9.59 Å². The molecule has 3 aromatic rings. The summed E-state index contributed by atoms with van der Waals surface area (Å²) in [6, 6.07) is 14.8. The minimum Gasteiger partial charge on any atom is -0.350 e. The van der Waals surface area contributed by atoms with E-state index in [1.807, 2.05) is 69.3 Å². The number of aromatic nitrogens is 1. The van der Waals surface area contributed by atoms with Crippen LogP contribution in [0.4, 0.5) is 0 Å². The lowest BCUT2D eigenvalue weighted by Crippen LogP contribution is -2.47. The van der Waals surface area contributed by atoms with E-state index in [1.54, 1.807) is 0 Å². The molecule has 132 valence electrons. The Balaban J connectivity index is 1.93. The van der Waals surface area contributed by atoms with Gasteiger partial charge in [-0.05, 0) is 38.0 Å². The summed E-state index contributed by atoms with van der Waals surface area (Å²) in [5.41, 5.74) is 3.55. The number of benzene rings is 2. The second-order valence-corrected chi connectivity index (χ2v) is 7.65. The van der Waals surface area contributed by atoms with Crippen LogP contribution in [0.2, 0.25) is 0 Å². The van der Waals surface area contributed by atoms with Gasteiger partial charge in [0.15, 0.2) is 0 Å². The van der Waals surface area contributed by atoms with Crippen molar-refractivity contribution in [2.45, 2.75) is 32.4 Å². The molecular formula is C21H21N3O2. The lowest BCUT2D eigenvalue weighted by atomic mass is 9.93. The van der Waals surface area contributed by atoms with Crippen LogP contribution in [0.5, 0.6) is 0 Å². The fourth-order valence-electron chi connectivity index (χ4n) is 3.50. The van der Waals surface area contributed by atoms with Gasteiger partial charge in [-0.15, -0.1) is 0 Å². The van der Waals surface area contributed by atoms with Crippen molar-refractivity contribution >= 4 is 22.7 Å². The summed E-state index contributed by atoms with van der Waals surface area (Å²) < 4.78 is 0. The maximum absolute atomic E-state index is 12.9. The number of nitrogens with one attached hydrogen (secondary N) is 3. The average Bonchev–Trinajstić information content (AvgIpc) is 2.92. The van der Waals surface area contributed by atoms with Crippen molar-refractivity contribution in [1.82, 2.24) is 15.6 Å². The van der Waals surface area contributed by atoms with Gasteiger partial charge in [-0.25, -0.2) is 0 Å². The second kappa shape index (κ2) is 5.73. The molecule has 1 aromatic heterocycles. The number of fused-ring (bicyclic) bond motifs is 5. The van der Waals surface area contributed by atoms with Crippen LogP contribution >= 0.6 is 0 Å². The van der Waals surface area contributed by atoms with Crippen LogP contribution in [0.25, 0.3) is 22.0 Å². The number of rotatable bonds is 1. The minimum absolute atomic E-state index is 0.215. The quantitative estimate of drug-likeness (QED) is 0.630. The van der Waals surface area contributed by atoms with Crippen LogP contribution < -0.4 is 10.6 Å². The molecule has 2 heterocycles. The van der Waals surface area contributed by atoms with Gasteiger partial charge in [0.1, 0.15) is 11.7 Å². The van der Waals surface area contributed by atoms with Crippen molar-refractivity contribution in [2.24, 2.45) is 0 Å². The van der Waals surface area contributed by atoms with Gasteiger partial charge in [0.25, 0.3) is 5.91 Å². The van der Waals surface area contributed by atoms with Gasteiger partial charge < -0.3 is 15.6 Å². The van der Waals surface area contributed by atoms with Crippen molar-refractivity contribution in [1.29, 1.82) is 0 Å². The van der Waals surface area contributed by atoms with Crippen molar-refractivity contribution in [3.63, 3.8) is 0 Å². The smallest absolute Gasteiger partial charge is 0.269 e. The Morgan fingerprint density at radius 1 is 1.04 bits per heavy atom. The van der Waals surface area contributed by atoms with E-state index >= 15 is 0 Å². The first-order valence-corrected chi connectivity index (χ1v) is 8.68. The first-order valence-electron chi connectivity index (χ1n) is 8.68. The molecule has 0 spiro atoms. The molecular weight excluding hydrogens is 326 g/mol. The molecule has 2 aromatic carbocycles. The first-order chi connectivity index (χ1) is 12.3. The number of amides is 2. The highest BCUT2D eigenvalue weighted by atomic mass is 16.2. The normalized spacial score (nSPS) is 16.4. The number of carbonyl (C=O) groups is 2. The number of hydrogen-bond donors (Lipinski definition) is 3. The number of aromatic amines is 1. The summed E-state index contributed by atoms with van der Waals surface area (Å²) in [5.74, 6) is -0.491. The Labute approximate surface area is 151 Å². The van der Waals surface area contributed by atoms with Crippen LogP contribution in [0.3, 0.4) is 0 Å². The van der Waals surface area contributed by atoms with Gasteiger partial charge in [-0.2, -0.15) is 0 Å². The molecule has 1 aliphatic rings. The van der Waals surface area contributed by atoms with Gasteiger partial charge in [0.2, 0.25) is 5.91 Å². The molecule has 5 heteroatoms. The molecule has 0 radical (unpaired) electrons. The molecule has 4 rings (SSSR count). The number of hydrogen-bond acceptors (Lipinski definition) is 2. The zero-order chi connectivity index (χ0) is 18.5. The third-order valence-electron chi connectivity index (χ3n) is 4.51. The molecule has 1 unspecified atom stereocenters. The van der Waals surface area contributed by atoms with Gasteiger partial charge in [-0.1, -0.05) is 42.5 Å². The van der Waals surface area contributed by atoms with Crippen LogP contribution in [-0.4, -0.2) is 22.3 Å². The topological polar surface area (TPSA) is 74.0 Å². The molecule has 0 saturated heterocycles. The summed E-state index contributed by atoms with van der Waals surface area (Å²) in [7, 11) is 0. The third-order valence-corrected chi connectivity index (χ3v) is 4.51. The van der Waals surface area contributed by atoms with E-state index < -0.39 is 6.04 Å². The molecule has 0 aliphatic carbocycles. The second-order valence-electron chi connectivity index (χ2n) is 7.65. The maximum atomic E-state index is 12.9. The average molecular weight is 347 g/mol. The number of H-pyrrole nitrogens is 1. The highest BCUT2D eigenvalue weighted by molar-refractivity contribution is 6.12. The Bertz CT molecular complexity index is 1030. The lowest BCUT2D eigenvalue weighted by molar-refractivity contribution is -0.124. The van der Waals surface area contributed by atoms with Crippen molar-refractivity contribution in [2.75, 3.05) is 0 Å². The maximum Gasteiger partial charge on any atom is 0.269 e. The third kappa shape index (κ3) is 2.65. The first kappa shape index (κ1) is 16.4. The van der Waals surface area contributed by atoms with E-state index in [4.69, 9.17) is 0 Å². The van der Waals surface area contributed by atoms with Crippen LogP contribution in [-0.2, 0) is 4.79 Å². The number of para-hydroxylation sites is 1. The van der Waals surface area contributed by atoms with Crippen molar-refractivity contribution in [3.8, 4) is 11.1 Å². The predicted molar refractivity (Wildman–Crippen MR) is 102 cm³/mol. The highest BCUT2D eigenvalue weighted by Crippen LogP contribution is 2.39. The Morgan fingerprint density at radius 2 is 1.73 bits per heavy atom. The standard InChI is InChI=1S/C21H21N3O2/c1-21(2,3)24-20(26)17-13-9-5-4-8-12(13)16-14-10-6-7-11-15(14)22-18(16)19(25)23-17/h4-11,17,22H,1-3H3,(H,23,25)(H,24,26). The minimum atomic E-state index is -0.738. The van der Waals surface area contributed by atoms with Crippen molar-refractivity contribution in [3.05, 3.63) is 59.8 Å². The molecule has 5 nitrogen and oxygen atoms in total. The molecule has 2 amide bonds. The van der Waals surface area contributed by atoms with Gasteiger partial charge in [0, 0.05) is 22.0 Å². The summed E-state index contributed by atoms with van der Waals surface area (Å²) in [4.78, 5) is 29.0. The van der Waals surface area contributed by atoms with E-state index in [0.29, 0.717) is 5.69 Å². The molecule has 1 aliphatic heterocycles. The summed E-state index contributed by atoms with van der Waals surface area (Å²) >= 11 is 0. The Hall–Kier alpha value is -3.08. The van der Waals surface area contributed by atoms with Gasteiger partial charge in [-0.3, -0.25) is 9.59 Å². The fraction of sp³-hybridized carbons (Fsp3) is 0.238. The summed E-state index contributed by atoms with van der Waals surface area (Å²) in [6.07, 6.45) is 0. The number of carbonyl (C=O) groups excluding carboxylic acids is 2. The van der Waals surface area contributed by atoms with E-state index in [2.05, 4.69) is 15.6 Å². The molecule has 0 bridgehead atoms. The molecule has 1 atom stereocenters. The van der Waals surface area contributed by atoms with Crippen LogP contribution in [0.1, 0.15) is 42.9 Å². The zero-order valence-electron chi connectivity index (χ0n) is 15.0. The predicted octanol–water partition coefficient (Wildman–Crippen LogP) is 3.53. The van der Waals surface area contributed by atoms with Gasteiger partial charge in [0.05, 0.1) is 0 Å². The van der Waals surface area contributed by atoms with Crippen LogP contribution in [0, 0.1) is 0 Å². The molecule has 3 N–H and O–H groups in total. The molecule has 26 heavy (non-hydrogen) atoms. The fourth-order valence-corrected chi connectivity index (χ4v) is 3.50. The Morgan fingerprint density at radius 3 is 2.50 bits per heavy atom. The highest BCUT2D eigenvalue weighted by Gasteiger charge is 2.34. The molecule has 0 saturated carbocycles. The summed E-state index contributed by atoms with van der Waals surface area (Å²) in [5, 5.41) is 6.84. The Kier molecular flexibility index (Phi) is 3.61. The van der Waals surface area contributed by atoms with Crippen molar-refractivity contribution < 1.29 is 9.59 Å². The SMILES string of the molecule is CC(C)(C)NC(=O)C1NC(=O)c2[nH]c3ccccc3c2-c2ccccc21.